The largest absolute Gasteiger partial charge is 0.394 e. The van der Waals surface area contributed by atoms with Crippen LogP contribution in [0, 0.1) is 17.1 Å². The average Bonchev–Trinajstić information content (AvgIpc) is 2.76. The Labute approximate surface area is 93.7 Å². The summed E-state index contributed by atoms with van der Waals surface area (Å²) in [5.41, 5.74) is 1.01. The Bertz CT molecular complexity index is 428. The highest BCUT2D eigenvalue weighted by atomic mass is 19.1. The first-order chi connectivity index (χ1) is 7.74. The Morgan fingerprint density at radius 2 is 2.31 bits per heavy atom. The second-order valence-electron chi connectivity index (χ2n) is 3.98. The van der Waals surface area contributed by atoms with Gasteiger partial charge in [-0.3, -0.25) is 0 Å². The van der Waals surface area contributed by atoms with E-state index >= 15 is 0 Å². The van der Waals surface area contributed by atoms with Crippen LogP contribution in [0.15, 0.2) is 18.2 Å². The first-order valence-corrected chi connectivity index (χ1v) is 5.33. The number of aliphatic hydroxyl groups is 1. The number of nitrogens with zero attached hydrogens (tertiary/aromatic N) is 2. The molecule has 0 amide bonds. The van der Waals surface area contributed by atoms with Gasteiger partial charge in [0.05, 0.1) is 24.3 Å². The van der Waals surface area contributed by atoms with Gasteiger partial charge in [0.2, 0.25) is 0 Å². The molecule has 1 atom stereocenters. The van der Waals surface area contributed by atoms with Gasteiger partial charge in [-0.2, -0.15) is 5.26 Å². The maximum atomic E-state index is 13.3. The number of nitriles is 1. The number of rotatable bonds is 2. The minimum absolute atomic E-state index is 0.0494. The van der Waals surface area contributed by atoms with E-state index < -0.39 is 5.82 Å². The fourth-order valence-electron chi connectivity index (χ4n) is 2.17. The Hall–Kier alpha value is -1.60. The fourth-order valence-corrected chi connectivity index (χ4v) is 2.17. The molecule has 0 spiro atoms. The molecular formula is C12H13FN2O. The molecule has 1 unspecified atom stereocenters. The normalized spacial score (nSPS) is 19.8. The van der Waals surface area contributed by atoms with Crippen LogP contribution in [0.3, 0.4) is 0 Å². The number of benzene rings is 1. The second kappa shape index (κ2) is 4.50. The van der Waals surface area contributed by atoms with E-state index in [0.29, 0.717) is 11.3 Å². The first kappa shape index (κ1) is 10.9. The van der Waals surface area contributed by atoms with Crippen molar-refractivity contribution in [1.82, 2.24) is 0 Å². The van der Waals surface area contributed by atoms with Crippen molar-refractivity contribution < 1.29 is 9.50 Å². The Balaban J connectivity index is 2.33. The molecule has 4 heteroatoms. The molecule has 0 saturated carbocycles. The van der Waals surface area contributed by atoms with Crippen molar-refractivity contribution in [3.8, 4) is 6.07 Å². The monoisotopic (exact) mass is 220 g/mol. The highest BCUT2D eigenvalue weighted by Gasteiger charge is 2.24. The number of halogens is 1. The molecule has 0 aliphatic carbocycles. The molecule has 1 aromatic carbocycles. The lowest BCUT2D eigenvalue weighted by molar-refractivity contribution is 0.266. The Morgan fingerprint density at radius 3 is 3.00 bits per heavy atom. The predicted molar refractivity (Wildman–Crippen MR) is 58.6 cm³/mol. The van der Waals surface area contributed by atoms with Crippen LogP contribution in [0.4, 0.5) is 10.1 Å². The lowest BCUT2D eigenvalue weighted by atomic mass is 10.1. The maximum absolute atomic E-state index is 13.3. The summed E-state index contributed by atoms with van der Waals surface area (Å²) in [5.74, 6) is -0.405. The summed E-state index contributed by atoms with van der Waals surface area (Å²) < 4.78 is 13.3. The molecule has 1 aliphatic heterocycles. The first-order valence-electron chi connectivity index (χ1n) is 5.33. The lowest BCUT2D eigenvalue weighted by Crippen LogP contribution is -2.32. The van der Waals surface area contributed by atoms with Crippen LogP contribution < -0.4 is 4.90 Å². The van der Waals surface area contributed by atoms with Crippen LogP contribution in [0.5, 0.6) is 0 Å². The van der Waals surface area contributed by atoms with Gasteiger partial charge in [-0.1, -0.05) is 0 Å². The summed E-state index contributed by atoms with van der Waals surface area (Å²) in [6.07, 6.45) is 1.90. The number of hydrogen-bond acceptors (Lipinski definition) is 3. The third kappa shape index (κ3) is 2.00. The molecule has 1 aliphatic rings. The standard InChI is InChI=1S/C12H13FN2O/c13-10-4-9(7-14)5-12(6-10)15-3-1-2-11(15)8-16/h4-6,11,16H,1-3,8H2. The maximum Gasteiger partial charge on any atom is 0.126 e. The van der Waals surface area contributed by atoms with Gasteiger partial charge in [0.25, 0.3) is 0 Å². The van der Waals surface area contributed by atoms with Gasteiger partial charge < -0.3 is 10.0 Å². The highest BCUT2D eigenvalue weighted by molar-refractivity contribution is 5.53. The minimum atomic E-state index is -0.405. The molecule has 84 valence electrons. The summed E-state index contributed by atoms with van der Waals surface area (Å²) >= 11 is 0. The van der Waals surface area contributed by atoms with Crippen LogP contribution in [0.2, 0.25) is 0 Å². The molecule has 0 bridgehead atoms. The van der Waals surface area contributed by atoms with E-state index in [-0.39, 0.29) is 12.6 Å². The lowest BCUT2D eigenvalue weighted by Gasteiger charge is -2.25. The van der Waals surface area contributed by atoms with Crippen molar-refractivity contribution in [3.05, 3.63) is 29.6 Å². The van der Waals surface area contributed by atoms with Crippen LogP contribution in [-0.2, 0) is 0 Å². The summed E-state index contributed by atoms with van der Waals surface area (Å²) in [5, 5.41) is 18.0. The molecule has 1 saturated heterocycles. The number of anilines is 1. The van der Waals surface area contributed by atoms with Crippen molar-refractivity contribution in [3.63, 3.8) is 0 Å². The molecule has 1 N–H and O–H groups in total. The average molecular weight is 220 g/mol. The van der Waals surface area contributed by atoms with Crippen molar-refractivity contribution in [2.75, 3.05) is 18.1 Å². The molecular weight excluding hydrogens is 207 g/mol. The third-order valence-corrected chi connectivity index (χ3v) is 2.93. The topological polar surface area (TPSA) is 47.3 Å². The van der Waals surface area contributed by atoms with Crippen LogP contribution in [0.25, 0.3) is 0 Å². The van der Waals surface area contributed by atoms with E-state index in [1.807, 2.05) is 11.0 Å². The van der Waals surface area contributed by atoms with Crippen molar-refractivity contribution in [2.45, 2.75) is 18.9 Å². The smallest absolute Gasteiger partial charge is 0.126 e. The summed E-state index contributed by atoms with van der Waals surface area (Å²) in [7, 11) is 0. The van der Waals surface area contributed by atoms with Crippen molar-refractivity contribution in [2.24, 2.45) is 0 Å². The van der Waals surface area contributed by atoms with E-state index in [9.17, 15) is 9.50 Å². The van der Waals surface area contributed by atoms with Gasteiger partial charge in [-0.25, -0.2) is 4.39 Å². The zero-order chi connectivity index (χ0) is 11.5. The van der Waals surface area contributed by atoms with Crippen LogP contribution >= 0.6 is 0 Å². The second-order valence-corrected chi connectivity index (χ2v) is 3.98. The van der Waals surface area contributed by atoms with Crippen LogP contribution in [-0.4, -0.2) is 24.3 Å². The summed E-state index contributed by atoms with van der Waals surface area (Å²) in [6.45, 7) is 0.873. The van der Waals surface area contributed by atoms with Gasteiger partial charge in [0.1, 0.15) is 5.82 Å². The van der Waals surface area contributed by atoms with E-state index in [1.165, 1.54) is 12.1 Å². The predicted octanol–water partition coefficient (Wildman–Crippen LogP) is 1.66. The summed E-state index contributed by atoms with van der Waals surface area (Å²) in [4.78, 5) is 1.96. The molecule has 0 radical (unpaired) electrons. The zero-order valence-corrected chi connectivity index (χ0v) is 8.86. The van der Waals surface area contributed by atoms with Gasteiger partial charge in [-0.05, 0) is 31.0 Å². The molecule has 0 aromatic heterocycles. The van der Waals surface area contributed by atoms with Crippen LogP contribution in [0.1, 0.15) is 18.4 Å². The van der Waals surface area contributed by atoms with Crippen molar-refractivity contribution in [1.29, 1.82) is 5.26 Å². The van der Waals surface area contributed by atoms with Crippen molar-refractivity contribution >= 4 is 5.69 Å². The zero-order valence-electron chi connectivity index (χ0n) is 8.86. The van der Waals surface area contributed by atoms with Gasteiger partial charge in [-0.15, -0.1) is 0 Å². The number of aliphatic hydroxyl groups excluding tert-OH is 1. The van der Waals surface area contributed by atoms with Gasteiger partial charge in [0, 0.05) is 12.2 Å². The fraction of sp³-hybridized carbons (Fsp3) is 0.417. The van der Waals surface area contributed by atoms with E-state index in [1.54, 1.807) is 6.07 Å². The molecule has 3 nitrogen and oxygen atoms in total. The van der Waals surface area contributed by atoms with E-state index in [4.69, 9.17) is 5.26 Å². The van der Waals surface area contributed by atoms with Gasteiger partial charge in [0.15, 0.2) is 0 Å². The molecule has 1 heterocycles. The van der Waals surface area contributed by atoms with Gasteiger partial charge >= 0.3 is 0 Å². The number of hydrogen-bond donors (Lipinski definition) is 1. The SMILES string of the molecule is N#Cc1cc(F)cc(N2CCCC2CO)c1. The van der Waals surface area contributed by atoms with E-state index in [2.05, 4.69) is 0 Å². The summed E-state index contributed by atoms with van der Waals surface area (Å²) in [6, 6.07) is 6.28. The highest BCUT2D eigenvalue weighted by Crippen LogP contribution is 2.26. The Kier molecular flexibility index (Phi) is 3.07. The third-order valence-electron chi connectivity index (χ3n) is 2.93. The molecule has 16 heavy (non-hydrogen) atoms. The quantitative estimate of drug-likeness (QED) is 0.824. The molecule has 2 rings (SSSR count). The molecule has 1 aromatic rings. The van der Waals surface area contributed by atoms with E-state index in [0.717, 1.165) is 19.4 Å². The minimum Gasteiger partial charge on any atom is -0.394 e. The Morgan fingerprint density at radius 1 is 1.50 bits per heavy atom. The molecule has 1 fully saturated rings.